The standard InChI is InChI=1S/C15H15N3O3/c19-13(9-18-15(20)12-8-16-4-5-17-12)10-1-2-14-11(7-10)3-6-21-14/h1-2,4-5,7-8,13,19H,3,6,9H2,(H,18,20). The molecule has 0 saturated heterocycles. The van der Waals surface area contributed by atoms with Gasteiger partial charge in [0.15, 0.2) is 0 Å². The summed E-state index contributed by atoms with van der Waals surface area (Å²) in [5.41, 5.74) is 2.08. The van der Waals surface area contributed by atoms with Gasteiger partial charge in [0.1, 0.15) is 11.4 Å². The van der Waals surface area contributed by atoms with E-state index in [4.69, 9.17) is 4.74 Å². The van der Waals surface area contributed by atoms with Crippen LogP contribution in [-0.2, 0) is 6.42 Å². The van der Waals surface area contributed by atoms with Gasteiger partial charge in [0, 0.05) is 25.4 Å². The fraction of sp³-hybridized carbons (Fsp3) is 0.267. The van der Waals surface area contributed by atoms with Crippen molar-refractivity contribution in [2.24, 2.45) is 0 Å². The van der Waals surface area contributed by atoms with E-state index in [9.17, 15) is 9.90 Å². The van der Waals surface area contributed by atoms with Gasteiger partial charge in [0.2, 0.25) is 0 Å². The van der Waals surface area contributed by atoms with Crippen molar-refractivity contribution in [1.82, 2.24) is 15.3 Å². The van der Waals surface area contributed by atoms with Crippen LogP contribution in [0.15, 0.2) is 36.8 Å². The number of ether oxygens (including phenoxy) is 1. The Bertz CT molecular complexity index is 646. The molecule has 1 aliphatic heterocycles. The van der Waals surface area contributed by atoms with E-state index in [0.717, 1.165) is 23.3 Å². The topological polar surface area (TPSA) is 84.3 Å². The van der Waals surface area contributed by atoms with Crippen LogP contribution in [0.5, 0.6) is 5.75 Å². The van der Waals surface area contributed by atoms with Crippen molar-refractivity contribution in [1.29, 1.82) is 0 Å². The summed E-state index contributed by atoms with van der Waals surface area (Å²) in [6.07, 6.45) is 4.41. The zero-order chi connectivity index (χ0) is 14.7. The molecular weight excluding hydrogens is 270 g/mol. The van der Waals surface area contributed by atoms with Crippen LogP contribution < -0.4 is 10.1 Å². The lowest BCUT2D eigenvalue weighted by molar-refractivity contribution is 0.0911. The van der Waals surface area contributed by atoms with E-state index >= 15 is 0 Å². The molecule has 1 unspecified atom stereocenters. The zero-order valence-corrected chi connectivity index (χ0v) is 11.3. The maximum Gasteiger partial charge on any atom is 0.271 e. The van der Waals surface area contributed by atoms with Gasteiger partial charge in [-0.05, 0) is 23.3 Å². The third kappa shape index (κ3) is 3.00. The van der Waals surface area contributed by atoms with Crippen LogP contribution in [0.1, 0.15) is 27.7 Å². The third-order valence-electron chi connectivity index (χ3n) is 3.35. The fourth-order valence-corrected chi connectivity index (χ4v) is 2.23. The van der Waals surface area contributed by atoms with Crippen molar-refractivity contribution in [3.8, 4) is 5.75 Å². The van der Waals surface area contributed by atoms with Crippen LogP contribution in [0, 0.1) is 0 Å². The Labute approximate surface area is 121 Å². The number of carbonyl (C=O) groups excluding carboxylic acids is 1. The van der Waals surface area contributed by atoms with E-state index in [1.165, 1.54) is 18.6 Å². The monoisotopic (exact) mass is 285 g/mol. The number of carbonyl (C=O) groups is 1. The summed E-state index contributed by atoms with van der Waals surface area (Å²) in [6, 6.07) is 5.58. The second-order valence-corrected chi connectivity index (χ2v) is 4.78. The number of amides is 1. The van der Waals surface area contributed by atoms with Gasteiger partial charge >= 0.3 is 0 Å². The number of hydrogen-bond donors (Lipinski definition) is 2. The average Bonchev–Trinajstić information content (AvgIpc) is 3.00. The lowest BCUT2D eigenvalue weighted by atomic mass is 10.0. The number of aliphatic hydroxyl groups is 1. The molecule has 21 heavy (non-hydrogen) atoms. The highest BCUT2D eigenvalue weighted by atomic mass is 16.5. The molecule has 2 heterocycles. The van der Waals surface area contributed by atoms with Crippen LogP contribution in [0.3, 0.4) is 0 Å². The fourth-order valence-electron chi connectivity index (χ4n) is 2.23. The zero-order valence-electron chi connectivity index (χ0n) is 11.3. The van der Waals surface area contributed by atoms with Crippen molar-refractivity contribution in [2.75, 3.05) is 13.2 Å². The molecule has 3 rings (SSSR count). The largest absolute Gasteiger partial charge is 0.493 e. The number of fused-ring (bicyclic) bond motifs is 1. The van der Waals surface area contributed by atoms with E-state index in [-0.39, 0.29) is 18.1 Å². The Morgan fingerprint density at radius 3 is 3.14 bits per heavy atom. The van der Waals surface area contributed by atoms with Crippen LogP contribution in [0.2, 0.25) is 0 Å². The number of rotatable bonds is 4. The first-order valence-electron chi connectivity index (χ1n) is 6.72. The summed E-state index contributed by atoms with van der Waals surface area (Å²) in [4.78, 5) is 19.6. The summed E-state index contributed by atoms with van der Waals surface area (Å²) >= 11 is 0. The van der Waals surface area contributed by atoms with Gasteiger partial charge in [-0.2, -0.15) is 0 Å². The SMILES string of the molecule is O=C(NCC(O)c1ccc2c(c1)CCO2)c1cnccn1. The normalized spacial score (nSPS) is 14.1. The van der Waals surface area contributed by atoms with Gasteiger partial charge in [-0.3, -0.25) is 9.78 Å². The quantitative estimate of drug-likeness (QED) is 0.871. The molecule has 1 atom stereocenters. The Morgan fingerprint density at radius 1 is 1.43 bits per heavy atom. The van der Waals surface area contributed by atoms with E-state index in [0.29, 0.717) is 6.61 Å². The predicted octanol–water partition coefficient (Wildman–Crippen LogP) is 0.875. The predicted molar refractivity (Wildman–Crippen MR) is 75.0 cm³/mol. The van der Waals surface area contributed by atoms with Crippen molar-refractivity contribution >= 4 is 5.91 Å². The molecule has 1 aliphatic rings. The Morgan fingerprint density at radius 2 is 2.33 bits per heavy atom. The first kappa shape index (κ1) is 13.5. The summed E-state index contributed by atoms with van der Waals surface area (Å²) < 4.78 is 5.42. The molecule has 2 N–H and O–H groups in total. The lowest BCUT2D eigenvalue weighted by Gasteiger charge is -2.13. The van der Waals surface area contributed by atoms with Crippen LogP contribution >= 0.6 is 0 Å². The molecule has 108 valence electrons. The number of benzene rings is 1. The van der Waals surface area contributed by atoms with Crippen molar-refractivity contribution in [3.63, 3.8) is 0 Å². The van der Waals surface area contributed by atoms with Crippen molar-refractivity contribution in [2.45, 2.75) is 12.5 Å². The second-order valence-electron chi connectivity index (χ2n) is 4.78. The van der Waals surface area contributed by atoms with Crippen molar-refractivity contribution < 1.29 is 14.6 Å². The maximum atomic E-state index is 11.8. The molecule has 6 heteroatoms. The first-order valence-corrected chi connectivity index (χ1v) is 6.72. The highest BCUT2D eigenvalue weighted by Gasteiger charge is 2.16. The molecule has 1 aromatic heterocycles. The van der Waals surface area contributed by atoms with Gasteiger partial charge in [-0.15, -0.1) is 0 Å². The molecule has 1 aromatic carbocycles. The second kappa shape index (κ2) is 5.88. The third-order valence-corrected chi connectivity index (χ3v) is 3.35. The number of nitrogens with zero attached hydrogens (tertiary/aromatic N) is 2. The molecule has 0 radical (unpaired) electrons. The molecule has 0 spiro atoms. The minimum absolute atomic E-state index is 0.120. The Kier molecular flexibility index (Phi) is 3.79. The summed E-state index contributed by atoms with van der Waals surface area (Å²) in [5, 5.41) is 12.8. The number of nitrogens with one attached hydrogen (secondary N) is 1. The summed E-state index contributed by atoms with van der Waals surface area (Å²) in [7, 11) is 0. The van der Waals surface area contributed by atoms with E-state index < -0.39 is 6.10 Å². The van der Waals surface area contributed by atoms with Gasteiger partial charge in [-0.25, -0.2) is 4.98 Å². The molecule has 0 bridgehead atoms. The molecule has 0 fully saturated rings. The van der Waals surface area contributed by atoms with Crippen LogP contribution in [0.4, 0.5) is 0 Å². The van der Waals surface area contributed by atoms with Gasteiger partial charge in [-0.1, -0.05) is 6.07 Å². The molecule has 2 aromatic rings. The molecular formula is C15H15N3O3. The van der Waals surface area contributed by atoms with Crippen LogP contribution in [-0.4, -0.2) is 34.1 Å². The average molecular weight is 285 g/mol. The number of aromatic nitrogens is 2. The molecule has 0 saturated carbocycles. The molecule has 6 nitrogen and oxygen atoms in total. The summed E-state index contributed by atoms with van der Waals surface area (Å²) in [6.45, 7) is 0.799. The minimum Gasteiger partial charge on any atom is -0.493 e. The smallest absolute Gasteiger partial charge is 0.271 e. The number of hydrogen-bond acceptors (Lipinski definition) is 5. The van der Waals surface area contributed by atoms with Crippen LogP contribution in [0.25, 0.3) is 0 Å². The highest BCUT2D eigenvalue weighted by Crippen LogP contribution is 2.27. The molecule has 0 aliphatic carbocycles. The van der Waals surface area contributed by atoms with Crippen molar-refractivity contribution in [3.05, 3.63) is 53.6 Å². The van der Waals surface area contributed by atoms with E-state index in [2.05, 4.69) is 15.3 Å². The number of aliphatic hydroxyl groups excluding tert-OH is 1. The summed E-state index contributed by atoms with van der Waals surface area (Å²) in [5.74, 6) is 0.515. The molecule has 1 amide bonds. The Hall–Kier alpha value is -2.47. The maximum absolute atomic E-state index is 11.8. The Balaban J connectivity index is 1.62. The van der Waals surface area contributed by atoms with Gasteiger partial charge < -0.3 is 15.2 Å². The highest BCUT2D eigenvalue weighted by molar-refractivity contribution is 5.91. The van der Waals surface area contributed by atoms with Gasteiger partial charge in [0.05, 0.1) is 18.9 Å². The van der Waals surface area contributed by atoms with E-state index in [1.807, 2.05) is 18.2 Å². The minimum atomic E-state index is -0.767. The van der Waals surface area contributed by atoms with E-state index in [1.54, 1.807) is 0 Å². The lowest BCUT2D eigenvalue weighted by Crippen LogP contribution is -2.29. The first-order chi connectivity index (χ1) is 10.2. The van der Waals surface area contributed by atoms with Gasteiger partial charge in [0.25, 0.3) is 5.91 Å².